The number of alkyl halides is 3. The number of ether oxygens (including phenoxy) is 1. The minimum atomic E-state index is -4.72. The van der Waals surface area contributed by atoms with Crippen LogP contribution < -0.4 is 4.74 Å². The van der Waals surface area contributed by atoms with Gasteiger partial charge in [0.15, 0.2) is 0 Å². The van der Waals surface area contributed by atoms with E-state index in [0.29, 0.717) is 36.4 Å². The molecule has 0 saturated carbocycles. The number of carbonyl (C=O) groups excluding carboxylic acids is 1. The van der Waals surface area contributed by atoms with Gasteiger partial charge in [-0.1, -0.05) is 17.3 Å². The van der Waals surface area contributed by atoms with Crippen LogP contribution in [0.4, 0.5) is 17.6 Å². The maximum atomic E-state index is 13.0. The number of amides is 1. The molecule has 1 saturated heterocycles. The van der Waals surface area contributed by atoms with Gasteiger partial charge in [-0.3, -0.25) is 4.79 Å². The van der Waals surface area contributed by atoms with Gasteiger partial charge in [0.05, 0.1) is 6.54 Å². The molecule has 1 atom stereocenters. The van der Waals surface area contributed by atoms with E-state index < -0.39 is 17.9 Å². The van der Waals surface area contributed by atoms with Gasteiger partial charge in [0, 0.05) is 24.1 Å². The van der Waals surface area contributed by atoms with Gasteiger partial charge in [-0.25, -0.2) is 4.39 Å². The van der Waals surface area contributed by atoms with Gasteiger partial charge >= 0.3 is 12.1 Å². The fraction of sp³-hybridized carbons (Fsp3) is 0.250. The summed E-state index contributed by atoms with van der Waals surface area (Å²) in [6, 6.07) is 11.6. The molecule has 156 valence electrons. The predicted octanol–water partition coefficient (Wildman–Crippen LogP) is 4.19. The minimum Gasteiger partial charge on any atom is -0.488 e. The fourth-order valence-corrected chi connectivity index (χ4v) is 3.14. The van der Waals surface area contributed by atoms with Crippen molar-refractivity contribution in [1.82, 2.24) is 15.0 Å². The molecule has 2 heterocycles. The minimum absolute atomic E-state index is 0.202. The molecule has 4 rings (SSSR count). The van der Waals surface area contributed by atoms with Crippen molar-refractivity contribution >= 4 is 5.91 Å². The molecule has 0 aliphatic carbocycles. The molecule has 1 aliphatic rings. The molecule has 6 nitrogen and oxygen atoms in total. The number of likely N-dealkylation sites (tertiary alicyclic amines) is 1. The van der Waals surface area contributed by atoms with Crippen LogP contribution in [0.3, 0.4) is 0 Å². The SMILES string of the molecule is O=C(c1ccc(F)cc1)N1CC[C@@H](Oc2cccc(-c3noc(C(F)(F)F)n3)c2)C1. The molecule has 1 fully saturated rings. The number of hydrogen-bond acceptors (Lipinski definition) is 5. The Labute approximate surface area is 168 Å². The molecule has 0 spiro atoms. The Hall–Kier alpha value is -3.43. The van der Waals surface area contributed by atoms with E-state index in [9.17, 15) is 22.4 Å². The van der Waals surface area contributed by atoms with E-state index in [0.717, 1.165) is 0 Å². The molecule has 0 N–H and O–H groups in total. The van der Waals surface area contributed by atoms with E-state index >= 15 is 0 Å². The topological polar surface area (TPSA) is 68.5 Å². The van der Waals surface area contributed by atoms with Crippen molar-refractivity contribution in [3.8, 4) is 17.1 Å². The first-order chi connectivity index (χ1) is 14.3. The highest BCUT2D eigenvalue weighted by Crippen LogP contribution is 2.30. The second-order valence-electron chi connectivity index (χ2n) is 6.74. The first kappa shape index (κ1) is 19.9. The molecule has 3 aromatic rings. The van der Waals surface area contributed by atoms with Crippen LogP contribution in [-0.4, -0.2) is 40.1 Å². The second kappa shape index (κ2) is 7.77. The summed E-state index contributed by atoms with van der Waals surface area (Å²) in [7, 11) is 0. The van der Waals surface area contributed by atoms with Gasteiger partial charge in [-0.15, -0.1) is 0 Å². The van der Waals surface area contributed by atoms with Crippen LogP contribution >= 0.6 is 0 Å². The molecule has 2 aromatic carbocycles. The monoisotopic (exact) mass is 421 g/mol. The van der Waals surface area contributed by atoms with Crippen LogP contribution in [-0.2, 0) is 6.18 Å². The molecular weight excluding hydrogens is 406 g/mol. The van der Waals surface area contributed by atoms with Crippen LogP contribution in [0.25, 0.3) is 11.4 Å². The van der Waals surface area contributed by atoms with E-state index in [1.54, 1.807) is 17.0 Å². The van der Waals surface area contributed by atoms with Crippen molar-refractivity contribution in [2.45, 2.75) is 18.7 Å². The number of nitrogens with zero attached hydrogens (tertiary/aromatic N) is 3. The largest absolute Gasteiger partial charge is 0.488 e. The zero-order chi connectivity index (χ0) is 21.3. The summed E-state index contributed by atoms with van der Waals surface area (Å²) < 4.78 is 61.1. The number of halogens is 4. The quantitative estimate of drug-likeness (QED) is 0.591. The van der Waals surface area contributed by atoms with Gasteiger partial charge < -0.3 is 14.2 Å². The Bertz CT molecular complexity index is 1050. The third-order valence-electron chi connectivity index (χ3n) is 4.59. The lowest BCUT2D eigenvalue weighted by Gasteiger charge is -2.17. The van der Waals surface area contributed by atoms with E-state index in [1.807, 2.05) is 0 Å². The smallest absolute Gasteiger partial charge is 0.471 e. The van der Waals surface area contributed by atoms with Crippen LogP contribution in [0.15, 0.2) is 53.1 Å². The van der Waals surface area contributed by atoms with Crippen molar-refractivity contribution in [1.29, 1.82) is 0 Å². The number of aromatic nitrogens is 2. The highest BCUT2D eigenvalue weighted by atomic mass is 19.4. The zero-order valence-corrected chi connectivity index (χ0v) is 15.4. The van der Waals surface area contributed by atoms with Crippen LogP contribution in [0.5, 0.6) is 5.75 Å². The molecular formula is C20H15F4N3O3. The van der Waals surface area contributed by atoms with E-state index in [1.165, 1.54) is 36.4 Å². The summed E-state index contributed by atoms with van der Waals surface area (Å²) in [6.45, 7) is 0.807. The molecule has 1 aliphatic heterocycles. The molecule has 10 heteroatoms. The molecule has 0 bridgehead atoms. The zero-order valence-electron chi connectivity index (χ0n) is 15.4. The number of carbonyl (C=O) groups is 1. The Morgan fingerprint density at radius 1 is 1.17 bits per heavy atom. The summed E-state index contributed by atoms with van der Waals surface area (Å²) in [5, 5.41) is 3.36. The first-order valence-corrected chi connectivity index (χ1v) is 9.02. The Morgan fingerprint density at radius 2 is 1.93 bits per heavy atom. The van der Waals surface area contributed by atoms with Crippen molar-refractivity contribution in [2.24, 2.45) is 0 Å². The van der Waals surface area contributed by atoms with Crippen molar-refractivity contribution < 1.29 is 31.6 Å². The number of benzene rings is 2. The average molecular weight is 421 g/mol. The standard InChI is InChI=1S/C20H15F4N3O3/c21-14-6-4-12(5-7-14)18(28)27-9-8-16(11-27)29-15-3-1-2-13(10-15)17-25-19(30-26-17)20(22,23)24/h1-7,10,16H,8-9,11H2/t16-/m1/s1. The molecule has 1 aromatic heterocycles. The molecule has 0 unspecified atom stereocenters. The number of rotatable bonds is 4. The third-order valence-corrected chi connectivity index (χ3v) is 4.59. The summed E-state index contributed by atoms with van der Waals surface area (Å²) in [5.74, 6) is -1.85. The molecule has 0 radical (unpaired) electrons. The highest BCUT2D eigenvalue weighted by molar-refractivity contribution is 5.94. The maximum absolute atomic E-state index is 13.0. The van der Waals surface area contributed by atoms with Crippen molar-refractivity contribution in [3.05, 3.63) is 65.8 Å². The van der Waals surface area contributed by atoms with E-state index in [-0.39, 0.29) is 17.8 Å². The van der Waals surface area contributed by atoms with Gasteiger partial charge in [-0.05, 0) is 36.4 Å². The van der Waals surface area contributed by atoms with Crippen molar-refractivity contribution in [3.63, 3.8) is 0 Å². The van der Waals surface area contributed by atoms with Gasteiger partial charge in [-0.2, -0.15) is 18.2 Å². The summed E-state index contributed by atoms with van der Waals surface area (Å²) in [4.78, 5) is 17.5. The lowest BCUT2D eigenvalue weighted by molar-refractivity contribution is -0.159. The second-order valence-corrected chi connectivity index (χ2v) is 6.74. The van der Waals surface area contributed by atoms with Crippen molar-refractivity contribution in [2.75, 3.05) is 13.1 Å². The Kier molecular flexibility index (Phi) is 5.15. The van der Waals surface area contributed by atoms with E-state index in [4.69, 9.17) is 4.74 Å². The lowest BCUT2D eigenvalue weighted by atomic mass is 10.2. The lowest BCUT2D eigenvalue weighted by Crippen LogP contribution is -2.30. The Morgan fingerprint density at radius 3 is 2.63 bits per heavy atom. The van der Waals surface area contributed by atoms with Crippen LogP contribution in [0.1, 0.15) is 22.7 Å². The summed E-state index contributed by atoms with van der Waals surface area (Å²) in [6.07, 6.45) is -4.43. The maximum Gasteiger partial charge on any atom is 0.471 e. The van der Waals surface area contributed by atoms with Crippen LogP contribution in [0, 0.1) is 5.82 Å². The van der Waals surface area contributed by atoms with Gasteiger partial charge in [0.25, 0.3) is 5.91 Å². The summed E-state index contributed by atoms with van der Waals surface area (Å²) in [5.41, 5.74) is 0.695. The average Bonchev–Trinajstić information content (AvgIpc) is 3.38. The van der Waals surface area contributed by atoms with Crippen LogP contribution in [0.2, 0.25) is 0 Å². The van der Waals surface area contributed by atoms with Gasteiger partial charge in [0.1, 0.15) is 17.7 Å². The summed E-state index contributed by atoms with van der Waals surface area (Å²) >= 11 is 0. The fourth-order valence-electron chi connectivity index (χ4n) is 3.14. The van der Waals surface area contributed by atoms with E-state index in [2.05, 4.69) is 14.7 Å². The van der Waals surface area contributed by atoms with Gasteiger partial charge in [0.2, 0.25) is 5.82 Å². The normalized spacial score (nSPS) is 16.7. The highest BCUT2D eigenvalue weighted by Gasteiger charge is 2.38. The Balaban J connectivity index is 1.42. The third kappa shape index (κ3) is 4.27. The first-order valence-electron chi connectivity index (χ1n) is 9.02. The molecule has 1 amide bonds. The predicted molar refractivity (Wildman–Crippen MR) is 96.1 cm³/mol. The molecule has 30 heavy (non-hydrogen) atoms. The number of hydrogen-bond donors (Lipinski definition) is 0.